The van der Waals surface area contributed by atoms with Crippen molar-refractivity contribution in [3.63, 3.8) is 0 Å². The van der Waals surface area contributed by atoms with Gasteiger partial charge in [-0.3, -0.25) is 4.99 Å². The van der Waals surface area contributed by atoms with Gasteiger partial charge in [-0.05, 0) is 41.5 Å². The highest BCUT2D eigenvalue weighted by Gasteiger charge is 2.14. The van der Waals surface area contributed by atoms with Crippen molar-refractivity contribution in [1.29, 1.82) is 0 Å². The van der Waals surface area contributed by atoms with E-state index >= 15 is 0 Å². The van der Waals surface area contributed by atoms with Crippen LogP contribution in [-0.4, -0.2) is 5.71 Å². The van der Waals surface area contributed by atoms with Gasteiger partial charge in [0.05, 0.1) is 11.4 Å². The van der Waals surface area contributed by atoms with E-state index in [2.05, 4.69) is 62.4 Å². The lowest BCUT2D eigenvalue weighted by Crippen LogP contribution is -2.00. The molecule has 20 heavy (non-hydrogen) atoms. The van der Waals surface area contributed by atoms with E-state index in [1.807, 2.05) is 0 Å². The zero-order chi connectivity index (χ0) is 13.9. The van der Waals surface area contributed by atoms with Crippen LogP contribution >= 0.6 is 0 Å². The molecule has 0 radical (unpaired) electrons. The summed E-state index contributed by atoms with van der Waals surface area (Å²) in [6, 6.07) is 17.4. The number of hydrogen-bond donors (Lipinski definition) is 0. The summed E-state index contributed by atoms with van der Waals surface area (Å²) in [4.78, 5) is 4.74. The van der Waals surface area contributed by atoms with Crippen LogP contribution in [0.1, 0.15) is 37.0 Å². The number of aliphatic imine (C=N–C) groups is 1. The normalized spacial score (nSPS) is 13.4. The Hall–Kier alpha value is -1.89. The Morgan fingerprint density at radius 3 is 2.45 bits per heavy atom. The quantitative estimate of drug-likeness (QED) is 0.740. The Labute approximate surface area is 121 Å². The van der Waals surface area contributed by atoms with Crippen molar-refractivity contribution >= 4 is 11.4 Å². The predicted molar refractivity (Wildman–Crippen MR) is 85.9 cm³/mol. The van der Waals surface area contributed by atoms with Gasteiger partial charge < -0.3 is 0 Å². The van der Waals surface area contributed by atoms with E-state index in [4.69, 9.17) is 4.99 Å². The maximum atomic E-state index is 4.74. The minimum Gasteiger partial charge on any atom is -0.252 e. The van der Waals surface area contributed by atoms with E-state index in [1.165, 1.54) is 35.2 Å². The van der Waals surface area contributed by atoms with Crippen molar-refractivity contribution in [2.24, 2.45) is 10.9 Å². The lowest BCUT2D eigenvalue weighted by atomic mass is 9.99. The Morgan fingerprint density at radius 1 is 1.00 bits per heavy atom. The van der Waals surface area contributed by atoms with Gasteiger partial charge in [0.1, 0.15) is 0 Å². The summed E-state index contributed by atoms with van der Waals surface area (Å²) in [6.45, 7) is 4.55. The van der Waals surface area contributed by atoms with Crippen molar-refractivity contribution in [1.82, 2.24) is 0 Å². The minimum absolute atomic E-state index is 0.767. The summed E-state index contributed by atoms with van der Waals surface area (Å²) in [5.41, 5.74) is 6.35. The van der Waals surface area contributed by atoms with Crippen LogP contribution in [0.2, 0.25) is 0 Å². The summed E-state index contributed by atoms with van der Waals surface area (Å²) in [6.07, 6.45) is 3.39. The number of hydrogen-bond acceptors (Lipinski definition) is 1. The van der Waals surface area contributed by atoms with Gasteiger partial charge in [0.15, 0.2) is 0 Å². The Bertz CT molecular complexity index is 620. The average molecular weight is 263 g/mol. The van der Waals surface area contributed by atoms with Crippen molar-refractivity contribution in [2.45, 2.75) is 33.1 Å². The van der Waals surface area contributed by atoms with Crippen LogP contribution < -0.4 is 0 Å². The van der Waals surface area contributed by atoms with Crippen LogP contribution in [0, 0.1) is 5.92 Å². The zero-order valence-corrected chi connectivity index (χ0v) is 12.3. The van der Waals surface area contributed by atoms with Crippen LogP contribution in [0.25, 0.3) is 0 Å². The molecule has 1 heteroatoms. The molecule has 0 amide bonds. The summed E-state index contributed by atoms with van der Waals surface area (Å²) in [7, 11) is 0. The third-order valence-electron chi connectivity index (χ3n) is 3.90. The topological polar surface area (TPSA) is 12.4 Å². The smallest absolute Gasteiger partial charge is 0.0669 e. The molecule has 0 fully saturated rings. The van der Waals surface area contributed by atoms with E-state index < -0.39 is 0 Å². The van der Waals surface area contributed by atoms with Gasteiger partial charge in [0, 0.05) is 6.42 Å². The molecule has 0 N–H and O–H groups in total. The van der Waals surface area contributed by atoms with Crippen molar-refractivity contribution in [2.75, 3.05) is 0 Å². The molecule has 0 saturated heterocycles. The molecule has 1 aliphatic rings. The third kappa shape index (κ3) is 2.82. The maximum Gasteiger partial charge on any atom is 0.0669 e. The zero-order valence-electron chi connectivity index (χ0n) is 12.3. The van der Waals surface area contributed by atoms with Crippen LogP contribution in [0.5, 0.6) is 0 Å². The third-order valence-corrected chi connectivity index (χ3v) is 3.90. The Morgan fingerprint density at radius 2 is 1.75 bits per heavy atom. The summed E-state index contributed by atoms with van der Waals surface area (Å²) >= 11 is 0. The summed E-state index contributed by atoms with van der Waals surface area (Å²) in [5.74, 6) is 0.767. The molecule has 1 nitrogen and oxygen atoms in total. The molecule has 0 saturated carbocycles. The molecule has 0 aromatic heterocycles. The van der Waals surface area contributed by atoms with Crippen LogP contribution in [-0.2, 0) is 12.8 Å². The van der Waals surface area contributed by atoms with Gasteiger partial charge in [0.25, 0.3) is 0 Å². The first kappa shape index (κ1) is 13.1. The summed E-state index contributed by atoms with van der Waals surface area (Å²) in [5, 5.41) is 0. The highest BCUT2D eigenvalue weighted by atomic mass is 14.8. The van der Waals surface area contributed by atoms with Gasteiger partial charge >= 0.3 is 0 Å². The fourth-order valence-electron chi connectivity index (χ4n) is 2.62. The van der Waals surface area contributed by atoms with Gasteiger partial charge in [-0.2, -0.15) is 0 Å². The second-order valence-corrected chi connectivity index (χ2v) is 5.99. The SMILES string of the molecule is CC(C)CCc1ccc(C2=Nc3ccccc3C2)cc1. The van der Waals surface area contributed by atoms with Crippen LogP contribution in [0.4, 0.5) is 5.69 Å². The number of fused-ring (bicyclic) bond motifs is 1. The molecule has 3 rings (SSSR count). The first-order valence-electron chi connectivity index (χ1n) is 7.47. The predicted octanol–water partition coefficient (Wildman–Crippen LogP) is 4.95. The van der Waals surface area contributed by atoms with Crippen molar-refractivity contribution < 1.29 is 0 Å². The molecular weight excluding hydrogens is 242 g/mol. The van der Waals surface area contributed by atoms with E-state index in [9.17, 15) is 0 Å². The molecule has 0 unspecified atom stereocenters. The minimum atomic E-state index is 0.767. The van der Waals surface area contributed by atoms with E-state index in [0.29, 0.717) is 0 Å². The fourth-order valence-corrected chi connectivity index (χ4v) is 2.62. The van der Waals surface area contributed by atoms with Gasteiger partial charge in [-0.25, -0.2) is 0 Å². The molecule has 0 bridgehead atoms. The molecule has 2 aromatic rings. The van der Waals surface area contributed by atoms with Crippen molar-refractivity contribution in [3.05, 3.63) is 65.2 Å². The standard InChI is InChI=1S/C19H21N/c1-14(2)7-8-15-9-11-16(12-10-15)19-13-17-5-3-4-6-18(17)20-19/h3-6,9-12,14H,7-8,13H2,1-2H3. The van der Waals surface area contributed by atoms with Gasteiger partial charge in [0.2, 0.25) is 0 Å². The lowest BCUT2D eigenvalue weighted by molar-refractivity contribution is 0.587. The van der Waals surface area contributed by atoms with Gasteiger partial charge in [-0.1, -0.05) is 56.3 Å². The molecular formula is C19H21N. The average Bonchev–Trinajstić information content (AvgIpc) is 2.89. The fraction of sp³-hybridized carbons (Fsp3) is 0.316. The summed E-state index contributed by atoms with van der Waals surface area (Å²) < 4.78 is 0. The first-order chi connectivity index (χ1) is 9.72. The van der Waals surface area contributed by atoms with E-state index in [-0.39, 0.29) is 0 Å². The maximum absolute atomic E-state index is 4.74. The van der Waals surface area contributed by atoms with Crippen LogP contribution in [0.15, 0.2) is 53.5 Å². The first-order valence-corrected chi connectivity index (χ1v) is 7.47. The number of para-hydroxylation sites is 1. The number of rotatable bonds is 4. The number of benzene rings is 2. The second-order valence-electron chi connectivity index (χ2n) is 5.99. The van der Waals surface area contributed by atoms with Crippen molar-refractivity contribution in [3.8, 4) is 0 Å². The Balaban J connectivity index is 1.74. The van der Waals surface area contributed by atoms with E-state index in [0.717, 1.165) is 18.0 Å². The molecule has 0 atom stereocenters. The molecule has 2 aromatic carbocycles. The molecule has 102 valence electrons. The van der Waals surface area contributed by atoms with Gasteiger partial charge in [-0.15, -0.1) is 0 Å². The Kier molecular flexibility index (Phi) is 3.68. The highest BCUT2D eigenvalue weighted by molar-refractivity contribution is 6.06. The molecule has 1 aliphatic heterocycles. The molecule has 0 spiro atoms. The largest absolute Gasteiger partial charge is 0.252 e. The second kappa shape index (κ2) is 5.62. The monoisotopic (exact) mass is 263 g/mol. The highest BCUT2D eigenvalue weighted by Crippen LogP contribution is 2.28. The molecule has 0 aliphatic carbocycles. The van der Waals surface area contributed by atoms with E-state index in [1.54, 1.807) is 0 Å². The lowest BCUT2D eigenvalue weighted by Gasteiger charge is -2.06. The number of nitrogens with zero attached hydrogens (tertiary/aromatic N) is 1. The molecule has 1 heterocycles. The van der Waals surface area contributed by atoms with Crippen LogP contribution in [0.3, 0.4) is 0 Å². The number of aryl methyl sites for hydroxylation is 1.